The van der Waals surface area contributed by atoms with Gasteiger partial charge in [-0.3, -0.25) is 14.5 Å². The maximum Gasteiger partial charge on any atom is 0.234 e. The van der Waals surface area contributed by atoms with Gasteiger partial charge in [-0.25, -0.2) is 0 Å². The molecule has 164 valence electrons. The van der Waals surface area contributed by atoms with Crippen molar-refractivity contribution in [3.8, 4) is 0 Å². The normalized spacial score (nSPS) is 34.1. The van der Waals surface area contributed by atoms with Gasteiger partial charge in [-0.2, -0.15) is 0 Å². The fourth-order valence-corrected chi connectivity index (χ4v) is 6.65. The van der Waals surface area contributed by atoms with Crippen molar-refractivity contribution in [2.75, 3.05) is 20.3 Å². The average molecular weight is 414 g/mol. The van der Waals surface area contributed by atoms with Gasteiger partial charge in [-0.1, -0.05) is 11.6 Å². The predicted octanol–water partition coefficient (Wildman–Crippen LogP) is 2.51. The van der Waals surface area contributed by atoms with Crippen molar-refractivity contribution in [3.63, 3.8) is 0 Å². The average Bonchev–Trinajstić information content (AvgIpc) is 2.87. The first-order chi connectivity index (χ1) is 14.3. The summed E-state index contributed by atoms with van der Waals surface area (Å²) in [5.74, 6) is 2.09. The van der Waals surface area contributed by atoms with Gasteiger partial charge in [0.1, 0.15) is 0 Å². The lowest BCUT2D eigenvalue weighted by atomic mass is 9.53. The molecule has 0 radical (unpaired) electrons. The molecule has 6 rings (SSSR count). The van der Waals surface area contributed by atoms with Crippen molar-refractivity contribution in [3.05, 3.63) is 22.9 Å². The lowest BCUT2D eigenvalue weighted by Crippen LogP contribution is -2.53. The molecule has 2 N–H and O–H groups in total. The first-order valence-corrected chi connectivity index (χ1v) is 11.6. The number of allylic oxidation sites excluding steroid dienone is 4. The highest BCUT2D eigenvalue weighted by molar-refractivity contribution is 5.80. The summed E-state index contributed by atoms with van der Waals surface area (Å²) in [7, 11) is 1.66. The van der Waals surface area contributed by atoms with Crippen LogP contribution in [0.25, 0.3) is 0 Å². The van der Waals surface area contributed by atoms with Crippen LogP contribution in [0.15, 0.2) is 22.9 Å². The Morgan fingerprint density at radius 1 is 1.17 bits per heavy atom. The van der Waals surface area contributed by atoms with E-state index >= 15 is 0 Å². The zero-order valence-corrected chi connectivity index (χ0v) is 18.5. The minimum atomic E-state index is -0.354. The van der Waals surface area contributed by atoms with E-state index in [0.29, 0.717) is 49.4 Å². The molecule has 2 heterocycles. The number of piperidine rings is 1. The molecule has 2 saturated heterocycles. The SMILES string of the molecule is COCC(C)(C)NC(=O)CN1[C@@H]2CC[C@H]1C[C@H](CC(=O)NC1=C3C=C4C(C1)CC43)C2. The molecule has 3 fully saturated rings. The number of hydrogen-bond acceptors (Lipinski definition) is 4. The van der Waals surface area contributed by atoms with Gasteiger partial charge in [0.15, 0.2) is 0 Å². The molecule has 6 nitrogen and oxygen atoms in total. The van der Waals surface area contributed by atoms with Gasteiger partial charge in [0, 0.05) is 37.2 Å². The summed E-state index contributed by atoms with van der Waals surface area (Å²) in [5.41, 5.74) is 3.87. The summed E-state index contributed by atoms with van der Waals surface area (Å²) in [6.07, 6.45) is 9.61. The summed E-state index contributed by atoms with van der Waals surface area (Å²) in [6, 6.07) is 0.860. The number of rotatable bonds is 8. The van der Waals surface area contributed by atoms with E-state index in [2.05, 4.69) is 21.6 Å². The van der Waals surface area contributed by atoms with Crippen molar-refractivity contribution in [2.45, 2.75) is 76.4 Å². The van der Waals surface area contributed by atoms with Crippen LogP contribution in [0.5, 0.6) is 0 Å². The summed E-state index contributed by atoms with van der Waals surface area (Å²) in [4.78, 5) is 27.7. The minimum Gasteiger partial charge on any atom is -0.382 e. The second-order valence-electron chi connectivity index (χ2n) is 10.8. The van der Waals surface area contributed by atoms with Crippen LogP contribution >= 0.6 is 0 Å². The summed E-state index contributed by atoms with van der Waals surface area (Å²) in [6.45, 7) is 4.93. The highest BCUT2D eigenvalue weighted by atomic mass is 16.5. The second kappa shape index (κ2) is 7.49. The standard InChI is InChI=1S/C24H35N3O3/c1-24(2,13-30-3)26-23(29)12-27-16-4-5-17(27)7-14(6-16)8-22(28)25-21-10-15-9-19-18(15)11-20(19)21/h11,14-17,19H,4-10,12-13H2,1-3H3,(H,25,28)(H,26,29)/t14-,15?,16-,17+,19?. The first kappa shape index (κ1) is 20.3. The van der Waals surface area contributed by atoms with Crippen LogP contribution in [0.2, 0.25) is 0 Å². The zero-order chi connectivity index (χ0) is 21.0. The van der Waals surface area contributed by atoms with E-state index < -0.39 is 0 Å². The number of carbonyl (C=O) groups excluding carboxylic acids is 2. The van der Waals surface area contributed by atoms with Crippen LogP contribution in [0.1, 0.15) is 58.8 Å². The summed E-state index contributed by atoms with van der Waals surface area (Å²) < 4.78 is 5.20. The number of ether oxygens (including phenoxy) is 1. The van der Waals surface area contributed by atoms with Gasteiger partial charge in [-0.15, -0.1) is 0 Å². The molecule has 5 atom stereocenters. The van der Waals surface area contributed by atoms with E-state index in [1.54, 1.807) is 12.7 Å². The molecule has 6 aliphatic rings. The van der Waals surface area contributed by atoms with Crippen LogP contribution in [0, 0.1) is 17.8 Å². The highest BCUT2D eigenvalue weighted by Gasteiger charge is 2.49. The second-order valence-corrected chi connectivity index (χ2v) is 10.8. The van der Waals surface area contributed by atoms with E-state index in [0.717, 1.165) is 32.1 Å². The quantitative estimate of drug-likeness (QED) is 0.642. The third-order valence-corrected chi connectivity index (χ3v) is 7.95. The maximum atomic E-state index is 12.7. The maximum absolute atomic E-state index is 12.7. The first-order valence-electron chi connectivity index (χ1n) is 11.6. The van der Waals surface area contributed by atoms with Crippen molar-refractivity contribution >= 4 is 11.8 Å². The van der Waals surface area contributed by atoms with Gasteiger partial charge >= 0.3 is 0 Å². The summed E-state index contributed by atoms with van der Waals surface area (Å²) in [5, 5.41) is 6.35. The Labute approximate surface area is 179 Å². The molecule has 0 spiro atoms. The predicted molar refractivity (Wildman–Crippen MR) is 114 cm³/mol. The van der Waals surface area contributed by atoms with E-state index in [9.17, 15) is 9.59 Å². The highest BCUT2D eigenvalue weighted by Crippen LogP contribution is 2.59. The minimum absolute atomic E-state index is 0.0716. The number of fused-ring (bicyclic) bond motifs is 3. The molecule has 0 aromatic carbocycles. The van der Waals surface area contributed by atoms with E-state index in [1.165, 1.54) is 17.7 Å². The Balaban J connectivity index is 1.11. The third kappa shape index (κ3) is 3.62. The Morgan fingerprint density at radius 3 is 2.47 bits per heavy atom. The lowest BCUT2D eigenvalue weighted by Gasteiger charge is -2.53. The Hall–Kier alpha value is -1.66. The molecule has 1 saturated carbocycles. The molecule has 6 bridgehead atoms. The fourth-order valence-electron chi connectivity index (χ4n) is 6.65. The molecular weight excluding hydrogens is 378 g/mol. The number of nitrogens with one attached hydrogen (secondary N) is 2. The molecule has 6 heteroatoms. The fraction of sp³-hybridized carbons (Fsp3) is 0.750. The van der Waals surface area contributed by atoms with Gasteiger partial charge in [-0.05, 0) is 69.8 Å². The molecule has 0 aromatic rings. The number of carbonyl (C=O) groups is 2. The van der Waals surface area contributed by atoms with Crippen LogP contribution < -0.4 is 10.6 Å². The molecule has 30 heavy (non-hydrogen) atoms. The molecule has 2 amide bonds. The molecule has 0 aromatic heterocycles. The van der Waals surface area contributed by atoms with Crippen molar-refractivity contribution < 1.29 is 14.3 Å². The monoisotopic (exact) mass is 413 g/mol. The van der Waals surface area contributed by atoms with E-state index in [-0.39, 0.29) is 17.4 Å². The number of hydrogen-bond donors (Lipinski definition) is 2. The topological polar surface area (TPSA) is 70.7 Å². The van der Waals surface area contributed by atoms with Crippen molar-refractivity contribution in [1.29, 1.82) is 0 Å². The molecule has 2 aliphatic heterocycles. The van der Waals surface area contributed by atoms with Gasteiger partial charge < -0.3 is 15.4 Å². The van der Waals surface area contributed by atoms with Crippen LogP contribution in [0.3, 0.4) is 0 Å². The largest absolute Gasteiger partial charge is 0.382 e. The van der Waals surface area contributed by atoms with Crippen LogP contribution in [-0.4, -0.2) is 54.6 Å². The van der Waals surface area contributed by atoms with Gasteiger partial charge in [0.25, 0.3) is 0 Å². The van der Waals surface area contributed by atoms with Gasteiger partial charge in [0.05, 0.1) is 18.7 Å². The van der Waals surface area contributed by atoms with Crippen LogP contribution in [-0.2, 0) is 14.3 Å². The van der Waals surface area contributed by atoms with Crippen molar-refractivity contribution in [1.82, 2.24) is 15.5 Å². The Kier molecular flexibility index (Phi) is 5.05. The Morgan fingerprint density at radius 2 is 1.90 bits per heavy atom. The van der Waals surface area contributed by atoms with E-state index in [4.69, 9.17) is 4.74 Å². The number of amides is 2. The summed E-state index contributed by atoms with van der Waals surface area (Å²) >= 11 is 0. The van der Waals surface area contributed by atoms with Crippen molar-refractivity contribution in [2.24, 2.45) is 17.8 Å². The lowest BCUT2D eigenvalue weighted by molar-refractivity contribution is -0.127. The third-order valence-electron chi connectivity index (χ3n) is 7.95. The Bertz CT molecular complexity index is 801. The van der Waals surface area contributed by atoms with Crippen LogP contribution in [0.4, 0.5) is 0 Å². The number of nitrogens with zero attached hydrogens (tertiary/aromatic N) is 1. The zero-order valence-electron chi connectivity index (χ0n) is 18.5. The molecule has 2 unspecified atom stereocenters. The van der Waals surface area contributed by atoms with Gasteiger partial charge in [0.2, 0.25) is 11.8 Å². The number of methoxy groups -OCH3 is 1. The molecule has 4 aliphatic carbocycles. The van der Waals surface area contributed by atoms with E-state index in [1.807, 2.05) is 13.8 Å². The molecular formula is C24H35N3O3. The smallest absolute Gasteiger partial charge is 0.234 e.